The van der Waals surface area contributed by atoms with Gasteiger partial charge < -0.3 is 14.3 Å². The quantitative estimate of drug-likeness (QED) is 0.369. The van der Waals surface area contributed by atoms with Crippen molar-refractivity contribution in [2.24, 2.45) is 5.10 Å². The lowest BCUT2D eigenvalue weighted by Gasteiger charge is -2.06. The van der Waals surface area contributed by atoms with Crippen LogP contribution in [-0.2, 0) is 6.61 Å². The number of hydrogen-bond acceptors (Lipinski definition) is 6. The van der Waals surface area contributed by atoms with E-state index in [0.717, 1.165) is 5.56 Å². The summed E-state index contributed by atoms with van der Waals surface area (Å²) < 4.78 is 11.2. The van der Waals surface area contributed by atoms with Crippen LogP contribution in [0.25, 0.3) is 11.0 Å². The van der Waals surface area contributed by atoms with Gasteiger partial charge in [0.1, 0.15) is 30.0 Å². The molecule has 4 rings (SSSR count). The van der Waals surface area contributed by atoms with Gasteiger partial charge in [0.2, 0.25) is 0 Å². The van der Waals surface area contributed by atoms with Crippen LogP contribution in [0.4, 0.5) is 0 Å². The summed E-state index contributed by atoms with van der Waals surface area (Å²) in [7, 11) is 0. The second-order valence-electron chi connectivity index (χ2n) is 6.69. The molecule has 0 aliphatic carbocycles. The van der Waals surface area contributed by atoms with Crippen molar-refractivity contribution < 1.29 is 19.1 Å². The predicted octanol–water partition coefficient (Wildman–Crippen LogP) is 3.84. The van der Waals surface area contributed by atoms with Crippen molar-refractivity contribution in [2.45, 2.75) is 6.61 Å². The Balaban J connectivity index is 1.34. The van der Waals surface area contributed by atoms with Crippen LogP contribution in [0.15, 0.2) is 93.4 Å². The first-order valence-corrected chi connectivity index (χ1v) is 9.45. The van der Waals surface area contributed by atoms with E-state index in [1.165, 1.54) is 36.7 Å². The topological polar surface area (TPSA) is 101 Å². The number of amides is 1. The third kappa shape index (κ3) is 4.79. The molecule has 0 bridgehead atoms. The Morgan fingerprint density at radius 2 is 1.77 bits per heavy atom. The molecular weight excluding hydrogens is 396 g/mol. The number of nitrogens with one attached hydrogen (secondary N) is 1. The van der Waals surface area contributed by atoms with Gasteiger partial charge in [0.15, 0.2) is 5.43 Å². The summed E-state index contributed by atoms with van der Waals surface area (Å²) in [6.45, 7) is 0.0866. The molecule has 0 saturated carbocycles. The molecule has 0 spiro atoms. The third-order valence-electron chi connectivity index (χ3n) is 4.54. The summed E-state index contributed by atoms with van der Waals surface area (Å²) in [5.41, 5.74) is 4.42. The number of carbonyl (C=O) groups is 1. The standard InChI is InChI=1S/C24H18N2O5/c27-19-9-7-17(8-10-19)24(29)26-25-13-16-5-11-20(12-6-16)30-14-18-15-31-22-4-2-1-3-21(22)23(18)28/h1-13,15,27H,14H2,(H,26,29)/b25-13+. The largest absolute Gasteiger partial charge is 0.508 e. The summed E-state index contributed by atoms with van der Waals surface area (Å²) >= 11 is 0. The number of ether oxygens (including phenoxy) is 1. The van der Waals surface area contributed by atoms with Crippen molar-refractivity contribution in [3.05, 3.63) is 106 Å². The third-order valence-corrected chi connectivity index (χ3v) is 4.54. The number of para-hydroxylation sites is 1. The van der Waals surface area contributed by atoms with Crippen LogP contribution in [0.1, 0.15) is 21.5 Å². The summed E-state index contributed by atoms with van der Waals surface area (Å²) in [5.74, 6) is 0.284. The molecule has 7 heteroatoms. The van der Waals surface area contributed by atoms with Crippen molar-refractivity contribution in [1.82, 2.24) is 5.43 Å². The minimum absolute atomic E-state index is 0.0866. The summed E-state index contributed by atoms with van der Waals surface area (Å²) in [6, 6.07) is 20.0. The van der Waals surface area contributed by atoms with Crippen LogP contribution in [0.3, 0.4) is 0 Å². The minimum Gasteiger partial charge on any atom is -0.508 e. The first-order valence-electron chi connectivity index (χ1n) is 9.45. The molecule has 1 amide bonds. The second-order valence-corrected chi connectivity index (χ2v) is 6.69. The normalized spacial score (nSPS) is 11.0. The van der Waals surface area contributed by atoms with E-state index in [1.807, 2.05) is 6.07 Å². The molecular formula is C24H18N2O5. The van der Waals surface area contributed by atoms with Gasteiger partial charge in [-0.25, -0.2) is 5.43 Å². The summed E-state index contributed by atoms with van der Waals surface area (Å²) in [4.78, 5) is 24.5. The zero-order valence-electron chi connectivity index (χ0n) is 16.3. The number of carbonyl (C=O) groups excluding carboxylic acids is 1. The fourth-order valence-electron chi connectivity index (χ4n) is 2.87. The van der Waals surface area contributed by atoms with Crippen LogP contribution < -0.4 is 15.6 Å². The number of fused-ring (bicyclic) bond motifs is 1. The number of phenols is 1. The molecule has 1 aromatic heterocycles. The number of hydrazone groups is 1. The van der Waals surface area contributed by atoms with E-state index in [0.29, 0.717) is 27.8 Å². The van der Waals surface area contributed by atoms with Crippen LogP contribution in [-0.4, -0.2) is 17.2 Å². The highest BCUT2D eigenvalue weighted by Crippen LogP contribution is 2.15. The van der Waals surface area contributed by atoms with E-state index in [9.17, 15) is 14.7 Å². The van der Waals surface area contributed by atoms with Gasteiger partial charge in [0.25, 0.3) is 5.91 Å². The highest BCUT2D eigenvalue weighted by atomic mass is 16.5. The van der Waals surface area contributed by atoms with Gasteiger partial charge in [-0.1, -0.05) is 12.1 Å². The number of aromatic hydroxyl groups is 1. The van der Waals surface area contributed by atoms with E-state index < -0.39 is 0 Å². The van der Waals surface area contributed by atoms with Gasteiger partial charge in [0, 0.05) is 5.56 Å². The van der Waals surface area contributed by atoms with Crippen molar-refractivity contribution in [3.63, 3.8) is 0 Å². The average Bonchev–Trinajstić information content (AvgIpc) is 2.80. The molecule has 31 heavy (non-hydrogen) atoms. The SMILES string of the molecule is O=C(N/N=C/c1ccc(OCc2coc3ccccc3c2=O)cc1)c1ccc(O)cc1. The molecule has 0 radical (unpaired) electrons. The van der Waals surface area contributed by atoms with Gasteiger partial charge in [-0.05, 0) is 66.2 Å². The fraction of sp³-hybridized carbons (Fsp3) is 0.0417. The fourth-order valence-corrected chi connectivity index (χ4v) is 2.87. The molecule has 0 aliphatic heterocycles. The van der Waals surface area contributed by atoms with Crippen molar-refractivity contribution in [2.75, 3.05) is 0 Å². The summed E-state index contributed by atoms with van der Waals surface area (Å²) in [6.07, 6.45) is 2.92. The van der Waals surface area contributed by atoms with Crippen LogP contribution in [0.5, 0.6) is 11.5 Å². The first kappa shape index (κ1) is 19.9. The van der Waals surface area contributed by atoms with Gasteiger partial charge in [-0.3, -0.25) is 9.59 Å². The predicted molar refractivity (Wildman–Crippen MR) is 116 cm³/mol. The van der Waals surface area contributed by atoms with Crippen LogP contribution >= 0.6 is 0 Å². The number of nitrogens with zero attached hydrogens (tertiary/aromatic N) is 1. The van der Waals surface area contributed by atoms with Gasteiger partial charge >= 0.3 is 0 Å². The Labute approximate surface area is 177 Å². The van der Waals surface area contributed by atoms with E-state index in [4.69, 9.17) is 9.15 Å². The maximum Gasteiger partial charge on any atom is 0.271 e. The Hall–Kier alpha value is -4.39. The average molecular weight is 414 g/mol. The van der Waals surface area contributed by atoms with E-state index >= 15 is 0 Å². The molecule has 0 atom stereocenters. The highest BCUT2D eigenvalue weighted by molar-refractivity contribution is 5.95. The second kappa shape index (κ2) is 8.96. The smallest absolute Gasteiger partial charge is 0.271 e. The van der Waals surface area contributed by atoms with Crippen LogP contribution in [0.2, 0.25) is 0 Å². The Kier molecular flexibility index (Phi) is 5.75. The number of benzene rings is 3. The molecule has 4 aromatic rings. The Morgan fingerprint density at radius 1 is 1.03 bits per heavy atom. The molecule has 2 N–H and O–H groups in total. The maximum absolute atomic E-state index is 12.5. The van der Waals surface area contributed by atoms with E-state index in [1.54, 1.807) is 42.5 Å². The lowest BCUT2D eigenvalue weighted by molar-refractivity contribution is 0.0955. The monoisotopic (exact) mass is 414 g/mol. The first-order chi connectivity index (χ1) is 15.1. The van der Waals surface area contributed by atoms with E-state index in [-0.39, 0.29) is 23.7 Å². The number of phenolic OH excluding ortho intramolecular Hbond substituents is 1. The lowest BCUT2D eigenvalue weighted by Crippen LogP contribution is -2.17. The van der Waals surface area contributed by atoms with Crippen molar-refractivity contribution in [3.8, 4) is 11.5 Å². The van der Waals surface area contributed by atoms with Crippen molar-refractivity contribution >= 4 is 23.1 Å². The Morgan fingerprint density at radius 3 is 2.55 bits per heavy atom. The molecule has 1 heterocycles. The highest BCUT2D eigenvalue weighted by Gasteiger charge is 2.07. The van der Waals surface area contributed by atoms with Gasteiger partial charge in [-0.2, -0.15) is 5.10 Å². The number of hydrogen-bond donors (Lipinski definition) is 2. The summed E-state index contributed by atoms with van der Waals surface area (Å²) in [5, 5.41) is 13.7. The zero-order valence-corrected chi connectivity index (χ0v) is 16.3. The van der Waals surface area contributed by atoms with E-state index in [2.05, 4.69) is 10.5 Å². The molecule has 3 aromatic carbocycles. The minimum atomic E-state index is -0.384. The van der Waals surface area contributed by atoms with Gasteiger partial charge in [-0.15, -0.1) is 0 Å². The zero-order chi connectivity index (χ0) is 21.6. The maximum atomic E-state index is 12.5. The Bertz CT molecular complexity index is 1290. The molecule has 0 unspecified atom stereocenters. The molecule has 0 fully saturated rings. The molecule has 7 nitrogen and oxygen atoms in total. The van der Waals surface area contributed by atoms with Gasteiger partial charge in [0.05, 0.1) is 17.2 Å². The molecule has 154 valence electrons. The molecule has 0 saturated heterocycles. The molecule has 0 aliphatic rings. The van der Waals surface area contributed by atoms with Crippen LogP contribution in [0, 0.1) is 0 Å². The van der Waals surface area contributed by atoms with Crippen molar-refractivity contribution in [1.29, 1.82) is 0 Å². The number of rotatable bonds is 6. The lowest BCUT2D eigenvalue weighted by atomic mass is 10.2.